The van der Waals surface area contributed by atoms with Crippen molar-refractivity contribution < 1.29 is 24.4 Å². The normalized spacial score (nSPS) is 23.2. The lowest BCUT2D eigenvalue weighted by Crippen LogP contribution is -2.54. The number of carbonyl (C=O) groups excluding carboxylic acids is 3. The van der Waals surface area contributed by atoms with Crippen molar-refractivity contribution in [2.75, 3.05) is 4.90 Å². The second-order valence-electron chi connectivity index (χ2n) is 10.6. The lowest BCUT2D eigenvalue weighted by atomic mass is 9.47. The summed E-state index contributed by atoms with van der Waals surface area (Å²) >= 11 is 6.47. The van der Waals surface area contributed by atoms with Crippen molar-refractivity contribution in [3.8, 4) is 5.75 Å². The first-order chi connectivity index (χ1) is 20.8. The van der Waals surface area contributed by atoms with E-state index in [-0.39, 0.29) is 22.2 Å². The highest BCUT2D eigenvalue weighted by atomic mass is 35.5. The van der Waals surface area contributed by atoms with E-state index in [0.29, 0.717) is 5.69 Å². The van der Waals surface area contributed by atoms with E-state index in [2.05, 4.69) is 10.5 Å². The highest BCUT2D eigenvalue weighted by Crippen LogP contribution is 2.63. The minimum atomic E-state index is -1.26. The van der Waals surface area contributed by atoms with Gasteiger partial charge in [0.1, 0.15) is 5.75 Å². The molecule has 43 heavy (non-hydrogen) atoms. The van der Waals surface area contributed by atoms with Crippen LogP contribution in [-0.2, 0) is 15.0 Å². The van der Waals surface area contributed by atoms with Gasteiger partial charge in [-0.05, 0) is 40.5 Å². The van der Waals surface area contributed by atoms with Gasteiger partial charge >= 0.3 is 0 Å². The van der Waals surface area contributed by atoms with E-state index >= 15 is 0 Å². The van der Waals surface area contributed by atoms with Gasteiger partial charge in [-0.15, -0.1) is 0 Å². The summed E-state index contributed by atoms with van der Waals surface area (Å²) in [7, 11) is 0. The molecule has 1 aliphatic heterocycles. The van der Waals surface area contributed by atoms with Crippen LogP contribution >= 0.6 is 11.6 Å². The molecule has 2 N–H and O–H groups in total. The number of phenols is 1. The van der Waals surface area contributed by atoms with Gasteiger partial charge < -0.3 is 5.11 Å². The molecule has 10 nitrogen and oxygen atoms in total. The Labute approximate surface area is 249 Å². The number of hydrogen-bond donors (Lipinski definition) is 2. The molecule has 11 heteroatoms. The Bertz CT molecular complexity index is 1880. The number of nitrogens with zero attached hydrogens (tertiary/aromatic N) is 3. The lowest BCUT2D eigenvalue weighted by Gasteiger charge is -2.52. The summed E-state index contributed by atoms with van der Waals surface area (Å²) < 4.78 is 0. The molecular formula is C32H21ClN4O6. The number of rotatable bonds is 5. The molecule has 4 aromatic carbocycles. The second kappa shape index (κ2) is 9.60. The zero-order valence-electron chi connectivity index (χ0n) is 22.2. The molecule has 3 aliphatic carbocycles. The minimum Gasteiger partial charge on any atom is -0.507 e. The summed E-state index contributed by atoms with van der Waals surface area (Å²) in [6, 6.07) is 24.9. The maximum absolute atomic E-state index is 14.4. The van der Waals surface area contributed by atoms with Crippen LogP contribution in [0.15, 0.2) is 96.1 Å². The molecule has 2 atom stereocenters. The van der Waals surface area contributed by atoms with Crippen LogP contribution in [0.4, 0.5) is 11.4 Å². The average molecular weight is 593 g/mol. The van der Waals surface area contributed by atoms with Crippen LogP contribution in [0.2, 0.25) is 5.02 Å². The van der Waals surface area contributed by atoms with E-state index < -0.39 is 45.7 Å². The first-order valence-electron chi connectivity index (χ1n) is 13.4. The molecule has 1 heterocycles. The van der Waals surface area contributed by atoms with Gasteiger partial charge in [0.15, 0.2) is 0 Å². The molecule has 212 valence electrons. The number of amides is 3. The predicted octanol–water partition coefficient (Wildman–Crippen LogP) is 4.92. The minimum absolute atomic E-state index is 0.261. The summed E-state index contributed by atoms with van der Waals surface area (Å²) in [6.07, 6.45) is 1.46. The zero-order valence-corrected chi connectivity index (χ0v) is 22.9. The summed E-state index contributed by atoms with van der Waals surface area (Å²) in [5.74, 6) is -4.23. The quantitative estimate of drug-likeness (QED) is 0.146. The molecule has 0 radical (unpaired) electrons. The van der Waals surface area contributed by atoms with Crippen molar-refractivity contribution in [1.82, 2.24) is 5.43 Å². The molecule has 8 rings (SSSR count). The first kappa shape index (κ1) is 26.5. The fourth-order valence-electron chi connectivity index (χ4n) is 6.99. The molecule has 0 saturated carbocycles. The van der Waals surface area contributed by atoms with Gasteiger partial charge in [0, 0.05) is 24.3 Å². The molecule has 4 aromatic rings. The van der Waals surface area contributed by atoms with Crippen molar-refractivity contribution >= 4 is 46.9 Å². The van der Waals surface area contributed by atoms with E-state index in [1.165, 1.54) is 6.21 Å². The number of nitrogens with one attached hydrogen (secondary N) is 1. The summed E-state index contributed by atoms with van der Waals surface area (Å²) in [5, 5.41) is 26.0. The number of imide groups is 1. The zero-order chi connectivity index (χ0) is 30.0. The summed E-state index contributed by atoms with van der Waals surface area (Å²) in [4.78, 5) is 53.3. The Morgan fingerprint density at radius 2 is 1.58 bits per heavy atom. The Hall–Kier alpha value is -5.35. The SMILES string of the molecule is O=C(N/N=C\C12c3ccccc3C(c3ccccc31)[C@@H]1C(=O)N(c3ccccc3Cl)C(=O)[C@H]12)c1cc([N+](=O)[O-])ccc1O. The van der Waals surface area contributed by atoms with Gasteiger partial charge in [0.05, 0.1) is 38.4 Å². The van der Waals surface area contributed by atoms with Crippen LogP contribution in [0.3, 0.4) is 0 Å². The third-order valence-corrected chi connectivity index (χ3v) is 8.97. The molecular weight excluding hydrogens is 572 g/mol. The highest BCUT2D eigenvalue weighted by Gasteiger charge is 2.68. The van der Waals surface area contributed by atoms with Crippen molar-refractivity contribution in [3.05, 3.63) is 134 Å². The number of nitro groups is 1. The number of hydrogen-bond acceptors (Lipinski definition) is 7. The van der Waals surface area contributed by atoms with Crippen LogP contribution in [-0.4, -0.2) is 34.0 Å². The standard InChI is InChI=1S/C32H21ClN4O6/c33-23-11-5-6-12-24(23)36-30(40)27-26-18-7-1-3-9-21(18)32(28(27)31(36)41,22-10-4-2-8-19(22)26)16-34-35-29(39)20-15-17(37(42)43)13-14-25(20)38/h1-16,26-28,38H,(H,35,39)/b34-16-/t26?,27-,28-,32?/m0/s1. The number of hydrazone groups is 1. The number of nitro benzene ring substituents is 1. The number of aromatic hydroxyl groups is 1. The Kier molecular flexibility index (Phi) is 5.93. The molecule has 2 bridgehead atoms. The number of anilines is 1. The first-order valence-corrected chi connectivity index (χ1v) is 13.8. The molecule has 1 fully saturated rings. The van der Waals surface area contributed by atoms with Crippen molar-refractivity contribution in [3.63, 3.8) is 0 Å². The molecule has 3 amide bonds. The summed E-state index contributed by atoms with van der Waals surface area (Å²) in [5.41, 5.74) is 3.98. The van der Waals surface area contributed by atoms with E-state index in [4.69, 9.17) is 11.6 Å². The van der Waals surface area contributed by atoms with E-state index in [9.17, 15) is 29.6 Å². The fraction of sp³-hybridized carbons (Fsp3) is 0.125. The molecule has 0 spiro atoms. The average Bonchev–Trinajstić information content (AvgIpc) is 3.28. The predicted molar refractivity (Wildman–Crippen MR) is 157 cm³/mol. The smallest absolute Gasteiger partial charge is 0.275 e. The van der Waals surface area contributed by atoms with Crippen LogP contribution in [0, 0.1) is 22.0 Å². The number of para-hydroxylation sites is 1. The van der Waals surface area contributed by atoms with Gasteiger partial charge in [0.2, 0.25) is 11.8 Å². The maximum atomic E-state index is 14.4. The molecule has 4 aliphatic rings. The third kappa shape index (κ3) is 3.66. The lowest BCUT2D eigenvalue weighted by molar-refractivity contribution is -0.384. The number of non-ortho nitro benzene ring substituents is 1. The van der Waals surface area contributed by atoms with Crippen molar-refractivity contribution in [2.45, 2.75) is 11.3 Å². The monoisotopic (exact) mass is 592 g/mol. The van der Waals surface area contributed by atoms with Gasteiger partial charge in [0.25, 0.3) is 11.6 Å². The number of benzene rings is 4. The van der Waals surface area contributed by atoms with E-state index in [1.807, 2.05) is 48.5 Å². The highest BCUT2D eigenvalue weighted by molar-refractivity contribution is 6.36. The largest absolute Gasteiger partial charge is 0.507 e. The molecule has 1 saturated heterocycles. The van der Waals surface area contributed by atoms with E-state index in [1.54, 1.807) is 24.3 Å². The van der Waals surface area contributed by atoms with Crippen LogP contribution < -0.4 is 10.3 Å². The number of carbonyl (C=O) groups is 3. The number of phenolic OH excluding ortho intramolecular Hbond substituents is 1. The second-order valence-corrected chi connectivity index (χ2v) is 11.1. The van der Waals surface area contributed by atoms with Crippen LogP contribution in [0.5, 0.6) is 5.75 Å². The van der Waals surface area contributed by atoms with Gasteiger partial charge in [-0.1, -0.05) is 72.3 Å². The summed E-state index contributed by atoms with van der Waals surface area (Å²) in [6.45, 7) is 0. The molecule has 0 unspecified atom stereocenters. The topological polar surface area (TPSA) is 142 Å². The van der Waals surface area contributed by atoms with Crippen molar-refractivity contribution in [1.29, 1.82) is 0 Å². The Morgan fingerprint density at radius 3 is 2.23 bits per heavy atom. The van der Waals surface area contributed by atoms with Gasteiger partial charge in [-0.3, -0.25) is 24.5 Å². The van der Waals surface area contributed by atoms with Gasteiger partial charge in [-0.25, -0.2) is 10.3 Å². The Morgan fingerprint density at radius 1 is 0.953 bits per heavy atom. The molecule has 0 aromatic heterocycles. The van der Waals surface area contributed by atoms with E-state index in [0.717, 1.165) is 45.4 Å². The van der Waals surface area contributed by atoms with Gasteiger partial charge in [-0.2, -0.15) is 5.10 Å². The third-order valence-electron chi connectivity index (χ3n) is 8.65. The Balaban J connectivity index is 1.39. The number of halogens is 1. The van der Waals surface area contributed by atoms with Crippen molar-refractivity contribution in [2.24, 2.45) is 16.9 Å². The van der Waals surface area contributed by atoms with Crippen LogP contribution in [0.25, 0.3) is 0 Å². The maximum Gasteiger partial charge on any atom is 0.275 e. The fourth-order valence-corrected chi connectivity index (χ4v) is 7.21. The van der Waals surface area contributed by atoms with Crippen LogP contribution in [0.1, 0.15) is 38.5 Å².